The van der Waals surface area contributed by atoms with E-state index < -0.39 is 11.6 Å². The summed E-state index contributed by atoms with van der Waals surface area (Å²) in [4.78, 5) is 26.0. The maximum atomic E-state index is 12.0. The van der Waals surface area contributed by atoms with E-state index in [1.54, 1.807) is 12.1 Å². The third-order valence-electron chi connectivity index (χ3n) is 5.24. The number of amides is 1. The van der Waals surface area contributed by atoms with Crippen molar-refractivity contribution in [3.05, 3.63) is 42.0 Å². The minimum absolute atomic E-state index is 0.109. The molecular formula is C23H34N2O4. The largest absolute Gasteiger partial charge is 0.478 e. The van der Waals surface area contributed by atoms with Gasteiger partial charge in [-0.1, -0.05) is 12.1 Å². The van der Waals surface area contributed by atoms with Gasteiger partial charge in [0.05, 0.1) is 5.56 Å². The maximum absolute atomic E-state index is 12.0. The third-order valence-corrected chi connectivity index (χ3v) is 5.24. The van der Waals surface area contributed by atoms with Gasteiger partial charge in [-0.2, -0.15) is 0 Å². The summed E-state index contributed by atoms with van der Waals surface area (Å²) in [6.07, 6.45) is 5.50. The van der Waals surface area contributed by atoms with Gasteiger partial charge in [-0.25, -0.2) is 9.59 Å². The zero-order valence-electron chi connectivity index (χ0n) is 18.0. The highest BCUT2D eigenvalue weighted by Crippen LogP contribution is 2.32. The van der Waals surface area contributed by atoms with Crippen molar-refractivity contribution >= 4 is 17.7 Å². The van der Waals surface area contributed by atoms with Crippen molar-refractivity contribution in [3.8, 4) is 0 Å². The van der Waals surface area contributed by atoms with Crippen molar-refractivity contribution in [1.29, 1.82) is 0 Å². The summed E-state index contributed by atoms with van der Waals surface area (Å²) in [5.74, 6) is -0.912. The summed E-state index contributed by atoms with van der Waals surface area (Å²) in [6.45, 7) is 12.2. The molecule has 29 heavy (non-hydrogen) atoms. The van der Waals surface area contributed by atoms with Gasteiger partial charge in [-0.3, -0.25) is 0 Å². The molecular weight excluding hydrogens is 368 g/mol. The Hall–Kier alpha value is -2.50. The van der Waals surface area contributed by atoms with E-state index >= 15 is 0 Å². The van der Waals surface area contributed by atoms with E-state index in [1.165, 1.54) is 0 Å². The Labute approximate surface area is 173 Å². The lowest BCUT2D eigenvalue weighted by Crippen LogP contribution is -2.45. The molecule has 1 amide bonds. The Bertz CT molecular complexity index is 731. The monoisotopic (exact) mass is 402 g/mol. The lowest BCUT2D eigenvalue weighted by molar-refractivity contribution is 0.0490. The Kier molecular flexibility index (Phi) is 7.71. The van der Waals surface area contributed by atoms with Gasteiger partial charge in [0.2, 0.25) is 0 Å². The van der Waals surface area contributed by atoms with Crippen LogP contribution < -0.4 is 10.2 Å². The second kappa shape index (κ2) is 9.81. The third kappa shape index (κ3) is 6.24. The molecule has 1 aliphatic carbocycles. The Balaban J connectivity index is 2.09. The van der Waals surface area contributed by atoms with Gasteiger partial charge in [-0.05, 0) is 77.5 Å². The number of ether oxygens (including phenoxy) is 1. The fraction of sp³-hybridized carbons (Fsp3) is 0.565. The molecule has 1 aliphatic rings. The number of carboxylic acids is 1. The van der Waals surface area contributed by atoms with Crippen LogP contribution in [0.25, 0.3) is 0 Å². The molecule has 0 saturated heterocycles. The number of carbonyl (C=O) groups is 2. The molecule has 0 heterocycles. The second-order valence-corrected chi connectivity index (χ2v) is 8.54. The Morgan fingerprint density at radius 3 is 2.45 bits per heavy atom. The van der Waals surface area contributed by atoms with Gasteiger partial charge >= 0.3 is 12.1 Å². The van der Waals surface area contributed by atoms with Crippen LogP contribution in [0.5, 0.6) is 0 Å². The predicted molar refractivity (Wildman–Crippen MR) is 116 cm³/mol. The van der Waals surface area contributed by atoms with Crippen LogP contribution in [-0.4, -0.2) is 41.4 Å². The van der Waals surface area contributed by atoms with Crippen molar-refractivity contribution in [3.63, 3.8) is 0 Å². The molecule has 6 nitrogen and oxygen atoms in total. The Morgan fingerprint density at radius 1 is 1.28 bits per heavy atom. The van der Waals surface area contributed by atoms with Crippen molar-refractivity contribution < 1.29 is 19.4 Å². The number of benzene rings is 1. The fourth-order valence-corrected chi connectivity index (χ4v) is 4.03. The number of nitrogens with zero attached hydrogens (tertiary/aromatic N) is 1. The number of alkyl carbamates (subject to hydrolysis) is 1. The van der Waals surface area contributed by atoms with Gasteiger partial charge in [0, 0.05) is 24.3 Å². The molecule has 1 fully saturated rings. The van der Waals surface area contributed by atoms with Crippen LogP contribution in [0, 0.1) is 0 Å². The molecule has 2 N–H and O–H groups in total. The number of aromatic carboxylic acids is 1. The number of hydrogen-bond donors (Lipinski definition) is 2. The van der Waals surface area contributed by atoms with Crippen LogP contribution in [0.1, 0.15) is 69.3 Å². The maximum Gasteiger partial charge on any atom is 0.407 e. The lowest BCUT2D eigenvalue weighted by atomic mass is 9.89. The van der Waals surface area contributed by atoms with E-state index in [1.807, 2.05) is 32.9 Å². The van der Waals surface area contributed by atoms with Crippen LogP contribution in [-0.2, 0) is 11.2 Å². The number of hydrogen-bond acceptors (Lipinski definition) is 4. The molecule has 0 aromatic heterocycles. The summed E-state index contributed by atoms with van der Waals surface area (Å²) in [5.41, 5.74) is 1.61. The summed E-state index contributed by atoms with van der Waals surface area (Å²) < 4.78 is 5.36. The summed E-state index contributed by atoms with van der Waals surface area (Å²) >= 11 is 0. The van der Waals surface area contributed by atoms with Crippen molar-refractivity contribution in [2.45, 2.75) is 77.5 Å². The first-order valence-electron chi connectivity index (χ1n) is 10.4. The highest BCUT2D eigenvalue weighted by Gasteiger charge is 2.29. The van der Waals surface area contributed by atoms with E-state index in [2.05, 4.69) is 23.7 Å². The van der Waals surface area contributed by atoms with Gasteiger partial charge < -0.3 is 20.1 Å². The SMILES string of the molecule is C=CCc1c(C(=O)O)cccc1N(CC)C1CCC(NC(=O)OC(C)(C)C)CC1. The first-order valence-corrected chi connectivity index (χ1v) is 10.4. The quantitative estimate of drug-likeness (QED) is 0.642. The molecule has 0 bridgehead atoms. The van der Waals surface area contributed by atoms with E-state index in [-0.39, 0.29) is 12.1 Å². The topological polar surface area (TPSA) is 78.9 Å². The average molecular weight is 403 g/mol. The number of nitrogens with one attached hydrogen (secondary N) is 1. The minimum atomic E-state index is -0.912. The van der Waals surface area contributed by atoms with Crippen molar-refractivity contribution in [2.24, 2.45) is 0 Å². The van der Waals surface area contributed by atoms with Gasteiger partial charge in [0.15, 0.2) is 0 Å². The van der Waals surface area contributed by atoms with Gasteiger partial charge in [0.1, 0.15) is 5.60 Å². The first-order chi connectivity index (χ1) is 13.7. The number of carboxylic acid groups (broad SMARTS) is 1. The highest BCUT2D eigenvalue weighted by molar-refractivity contribution is 5.91. The molecule has 2 rings (SSSR count). The van der Waals surface area contributed by atoms with Crippen LogP contribution in [0.3, 0.4) is 0 Å². The van der Waals surface area contributed by atoms with E-state index in [9.17, 15) is 14.7 Å². The molecule has 0 radical (unpaired) electrons. The number of rotatable bonds is 7. The van der Waals surface area contributed by atoms with E-state index in [4.69, 9.17) is 4.74 Å². The second-order valence-electron chi connectivity index (χ2n) is 8.54. The van der Waals surface area contributed by atoms with Crippen LogP contribution in [0.2, 0.25) is 0 Å². The molecule has 1 saturated carbocycles. The molecule has 6 heteroatoms. The molecule has 0 unspecified atom stereocenters. The summed E-state index contributed by atoms with van der Waals surface area (Å²) in [5, 5.41) is 12.6. The van der Waals surface area contributed by atoms with Gasteiger partial charge in [0.25, 0.3) is 0 Å². The standard InChI is InChI=1S/C23H34N2O4/c1-6-9-18-19(21(26)27)10-8-11-20(18)25(7-2)17-14-12-16(13-15-17)24-22(28)29-23(3,4)5/h6,8,10-11,16-17H,1,7,9,12-15H2,2-5H3,(H,24,28)(H,26,27). The number of carbonyl (C=O) groups excluding carboxylic acids is 1. The molecule has 1 aromatic rings. The zero-order chi connectivity index (χ0) is 21.6. The fourth-order valence-electron chi connectivity index (χ4n) is 4.03. The normalized spacial score (nSPS) is 19.3. The van der Waals surface area contributed by atoms with Gasteiger partial charge in [-0.15, -0.1) is 6.58 Å². The van der Waals surface area contributed by atoms with Crippen molar-refractivity contribution in [2.75, 3.05) is 11.4 Å². The summed E-state index contributed by atoms with van der Waals surface area (Å²) in [6, 6.07) is 5.88. The molecule has 1 aromatic carbocycles. The zero-order valence-corrected chi connectivity index (χ0v) is 18.0. The van der Waals surface area contributed by atoms with E-state index in [0.29, 0.717) is 18.0 Å². The molecule has 0 aliphatic heterocycles. The first kappa shape index (κ1) is 22.8. The highest BCUT2D eigenvalue weighted by atomic mass is 16.6. The Morgan fingerprint density at radius 2 is 1.93 bits per heavy atom. The summed E-state index contributed by atoms with van der Waals surface area (Å²) in [7, 11) is 0. The number of anilines is 1. The predicted octanol–water partition coefficient (Wildman–Crippen LogP) is 4.78. The number of allylic oxidation sites excluding steroid dienone is 1. The minimum Gasteiger partial charge on any atom is -0.478 e. The van der Waals surface area contributed by atoms with Crippen LogP contribution in [0.4, 0.5) is 10.5 Å². The molecule has 160 valence electrons. The van der Waals surface area contributed by atoms with Crippen LogP contribution >= 0.6 is 0 Å². The lowest BCUT2D eigenvalue weighted by Gasteiger charge is -2.39. The van der Waals surface area contributed by atoms with E-state index in [0.717, 1.165) is 43.5 Å². The van der Waals surface area contributed by atoms with Crippen molar-refractivity contribution in [1.82, 2.24) is 5.32 Å². The molecule has 0 atom stereocenters. The van der Waals surface area contributed by atoms with Crippen LogP contribution in [0.15, 0.2) is 30.9 Å². The smallest absolute Gasteiger partial charge is 0.407 e. The average Bonchev–Trinajstić information content (AvgIpc) is 2.63. The molecule has 0 spiro atoms.